The molecule has 3 amide bonds. The number of nitro benzene ring substituents is 1. The van der Waals surface area contributed by atoms with Crippen LogP contribution in [0.25, 0.3) is 0 Å². The number of hydrogen-bond acceptors (Lipinski definition) is 7. The number of fused-ring (bicyclic) bond motifs is 4. The van der Waals surface area contributed by atoms with Crippen LogP contribution in [0.3, 0.4) is 0 Å². The van der Waals surface area contributed by atoms with Crippen molar-refractivity contribution in [3.8, 4) is 5.75 Å². The first-order chi connectivity index (χ1) is 17.9. The van der Waals surface area contributed by atoms with Gasteiger partial charge in [0.15, 0.2) is 0 Å². The number of carbonyl (C=O) groups is 3. The molecule has 2 saturated heterocycles. The Kier molecular flexibility index (Phi) is 5.09. The van der Waals surface area contributed by atoms with Gasteiger partial charge in [-0.3, -0.25) is 29.8 Å². The van der Waals surface area contributed by atoms with Crippen molar-refractivity contribution in [1.82, 2.24) is 5.32 Å². The van der Waals surface area contributed by atoms with Crippen LogP contribution in [-0.4, -0.2) is 35.8 Å². The smallest absolute Gasteiger partial charge is 0.271 e. The van der Waals surface area contributed by atoms with E-state index in [-0.39, 0.29) is 17.1 Å². The van der Waals surface area contributed by atoms with Crippen molar-refractivity contribution in [1.29, 1.82) is 0 Å². The highest BCUT2D eigenvalue weighted by Gasteiger charge is 2.70. The third-order valence-electron chi connectivity index (χ3n) is 7.54. The maximum Gasteiger partial charge on any atom is 0.271 e. The van der Waals surface area contributed by atoms with Gasteiger partial charge in [-0.05, 0) is 24.1 Å². The summed E-state index contributed by atoms with van der Waals surface area (Å²) in [6.45, 7) is 0. The van der Waals surface area contributed by atoms with Gasteiger partial charge in [-0.2, -0.15) is 0 Å². The van der Waals surface area contributed by atoms with Gasteiger partial charge >= 0.3 is 0 Å². The Morgan fingerprint density at radius 3 is 2.46 bits per heavy atom. The van der Waals surface area contributed by atoms with Crippen molar-refractivity contribution in [2.75, 3.05) is 17.3 Å². The molecule has 0 aromatic heterocycles. The number of benzene rings is 3. The minimum absolute atomic E-state index is 0.0126. The molecular formula is C27H22N4O6. The molecule has 0 saturated carbocycles. The van der Waals surface area contributed by atoms with Crippen LogP contribution in [0.4, 0.5) is 17.1 Å². The van der Waals surface area contributed by atoms with Crippen molar-refractivity contribution in [2.24, 2.45) is 11.8 Å². The van der Waals surface area contributed by atoms with Gasteiger partial charge in [-0.25, -0.2) is 4.90 Å². The van der Waals surface area contributed by atoms with E-state index in [4.69, 9.17) is 4.74 Å². The number of ether oxygens (including phenoxy) is 1. The summed E-state index contributed by atoms with van der Waals surface area (Å²) in [5.41, 5.74) is 0.350. The molecule has 10 nitrogen and oxygen atoms in total. The van der Waals surface area contributed by atoms with Crippen LogP contribution < -0.4 is 20.3 Å². The van der Waals surface area contributed by atoms with Crippen LogP contribution >= 0.6 is 0 Å². The predicted molar refractivity (Wildman–Crippen MR) is 133 cm³/mol. The normalized spacial score (nSPS) is 25.8. The zero-order chi connectivity index (χ0) is 25.9. The molecule has 6 rings (SSSR count). The van der Waals surface area contributed by atoms with Gasteiger partial charge < -0.3 is 10.1 Å². The highest BCUT2D eigenvalue weighted by atomic mass is 16.6. The highest BCUT2D eigenvalue weighted by molar-refractivity contribution is 6.26. The molecule has 0 aliphatic carbocycles. The minimum atomic E-state index is -1.46. The van der Waals surface area contributed by atoms with E-state index >= 15 is 0 Å². The summed E-state index contributed by atoms with van der Waals surface area (Å²) < 4.78 is 5.36. The van der Waals surface area contributed by atoms with Gasteiger partial charge in [0.05, 0.1) is 23.9 Å². The number of para-hydroxylation sites is 1. The fourth-order valence-electron chi connectivity index (χ4n) is 6.01. The van der Waals surface area contributed by atoms with E-state index in [0.717, 1.165) is 16.5 Å². The first-order valence-corrected chi connectivity index (χ1v) is 11.8. The number of nitro groups is 1. The van der Waals surface area contributed by atoms with E-state index < -0.39 is 46.1 Å². The molecule has 1 spiro atoms. The fraction of sp³-hybridized carbons (Fsp3) is 0.222. The first kappa shape index (κ1) is 22.9. The molecule has 0 radical (unpaired) electrons. The summed E-state index contributed by atoms with van der Waals surface area (Å²) >= 11 is 0. The number of anilines is 2. The molecule has 3 aliphatic rings. The number of imide groups is 1. The second-order valence-corrected chi connectivity index (χ2v) is 9.38. The molecular weight excluding hydrogens is 476 g/mol. The number of nitrogens with zero attached hydrogens (tertiary/aromatic N) is 2. The van der Waals surface area contributed by atoms with Crippen molar-refractivity contribution < 1.29 is 24.0 Å². The second kappa shape index (κ2) is 8.24. The van der Waals surface area contributed by atoms with Gasteiger partial charge in [0.25, 0.3) is 5.69 Å². The molecule has 4 atom stereocenters. The molecule has 2 N–H and O–H groups in total. The number of amides is 3. The summed E-state index contributed by atoms with van der Waals surface area (Å²) in [6, 6.07) is 19.8. The van der Waals surface area contributed by atoms with Crippen LogP contribution in [0, 0.1) is 22.0 Å². The van der Waals surface area contributed by atoms with Crippen LogP contribution in [0.5, 0.6) is 5.75 Å². The SMILES string of the molecule is COc1ccc([N+](=O)[O-])cc1N1C(=O)[C@@H]2[C@H](Cc3ccccc3)N[C@@]3(C(=O)Nc4ccccc43)[C@@H]2C1=O. The van der Waals surface area contributed by atoms with Crippen LogP contribution in [0.2, 0.25) is 0 Å². The molecule has 3 aromatic carbocycles. The molecule has 186 valence electrons. The van der Waals surface area contributed by atoms with Crippen LogP contribution in [0.15, 0.2) is 72.8 Å². The highest BCUT2D eigenvalue weighted by Crippen LogP contribution is 2.54. The molecule has 3 aliphatic heterocycles. The quantitative estimate of drug-likeness (QED) is 0.314. The van der Waals surface area contributed by atoms with E-state index in [9.17, 15) is 24.5 Å². The lowest BCUT2D eigenvalue weighted by atomic mass is 9.76. The Bertz CT molecular complexity index is 1470. The van der Waals surface area contributed by atoms with Crippen LogP contribution in [0.1, 0.15) is 11.1 Å². The van der Waals surface area contributed by atoms with Gasteiger partial charge in [0, 0.05) is 29.4 Å². The molecule has 37 heavy (non-hydrogen) atoms. The lowest BCUT2D eigenvalue weighted by Gasteiger charge is -2.29. The van der Waals surface area contributed by atoms with Gasteiger partial charge in [-0.15, -0.1) is 0 Å². The number of methoxy groups -OCH3 is 1. The molecule has 2 fully saturated rings. The Morgan fingerprint density at radius 2 is 1.73 bits per heavy atom. The van der Waals surface area contributed by atoms with E-state index in [0.29, 0.717) is 17.7 Å². The zero-order valence-corrected chi connectivity index (χ0v) is 19.7. The summed E-state index contributed by atoms with van der Waals surface area (Å²) in [4.78, 5) is 53.6. The van der Waals surface area contributed by atoms with Gasteiger partial charge in [0.1, 0.15) is 17.0 Å². The van der Waals surface area contributed by atoms with Crippen LogP contribution in [-0.2, 0) is 26.3 Å². The average Bonchev–Trinajstić information content (AvgIpc) is 3.48. The van der Waals surface area contributed by atoms with Crippen molar-refractivity contribution in [3.05, 3.63) is 94.0 Å². The molecule has 3 heterocycles. The monoisotopic (exact) mass is 498 g/mol. The standard InChI is InChI=1S/C27H22N4O6/c1-37-21-12-11-16(31(35)36)14-20(21)30-24(32)22-19(13-15-7-3-2-4-8-15)29-27(23(22)25(30)33)17-9-5-6-10-18(17)28-26(27)34/h2-12,14,19,22-23,29H,13H2,1H3,(H,28,34)/t19-,22+,23-,27+/m0/s1. The Morgan fingerprint density at radius 1 is 1.00 bits per heavy atom. The zero-order valence-electron chi connectivity index (χ0n) is 19.7. The lowest BCUT2D eigenvalue weighted by Crippen LogP contribution is -2.53. The minimum Gasteiger partial charge on any atom is -0.495 e. The summed E-state index contributed by atoms with van der Waals surface area (Å²) in [5, 5.41) is 17.7. The maximum absolute atomic E-state index is 14.1. The molecule has 0 bridgehead atoms. The van der Waals surface area contributed by atoms with Crippen molar-refractivity contribution in [3.63, 3.8) is 0 Å². The van der Waals surface area contributed by atoms with E-state index in [2.05, 4.69) is 10.6 Å². The van der Waals surface area contributed by atoms with Crippen molar-refractivity contribution in [2.45, 2.75) is 18.0 Å². The number of carbonyl (C=O) groups excluding carboxylic acids is 3. The van der Waals surface area contributed by atoms with E-state index in [1.54, 1.807) is 24.3 Å². The Labute approximate surface area is 211 Å². The maximum atomic E-state index is 14.1. The number of nitrogens with one attached hydrogen (secondary N) is 2. The topological polar surface area (TPSA) is 131 Å². The van der Waals surface area contributed by atoms with Gasteiger partial charge in [0.2, 0.25) is 17.7 Å². The summed E-state index contributed by atoms with van der Waals surface area (Å²) in [6.07, 6.45) is 0.401. The molecule has 0 unspecified atom stereocenters. The average molecular weight is 498 g/mol. The third-order valence-corrected chi connectivity index (χ3v) is 7.54. The van der Waals surface area contributed by atoms with Gasteiger partial charge in [-0.1, -0.05) is 48.5 Å². The fourth-order valence-corrected chi connectivity index (χ4v) is 6.01. The number of hydrogen-bond donors (Lipinski definition) is 2. The Hall–Kier alpha value is -4.57. The Balaban J connectivity index is 1.52. The first-order valence-electron chi connectivity index (χ1n) is 11.8. The predicted octanol–water partition coefficient (Wildman–Crippen LogP) is 2.77. The number of rotatable bonds is 5. The van der Waals surface area contributed by atoms with E-state index in [1.807, 2.05) is 30.3 Å². The van der Waals surface area contributed by atoms with Crippen molar-refractivity contribution >= 4 is 34.8 Å². The summed E-state index contributed by atoms with van der Waals surface area (Å²) in [5.74, 6) is -3.34. The molecule has 10 heteroatoms. The largest absolute Gasteiger partial charge is 0.495 e. The third kappa shape index (κ3) is 3.19. The summed E-state index contributed by atoms with van der Waals surface area (Å²) in [7, 11) is 1.36. The molecule has 3 aromatic rings. The number of non-ortho nitro benzene ring substituents is 1. The second-order valence-electron chi connectivity index (χ2n) is 9.38. The lowest BCUT2D eigenvalue weighted by molar-refractivity contribution is -0.384. The van der Waals surface area contributed by atoms with E-state index in [1.165, 1.54) is 19.2 Å².